The summed E-state index contributed by atoms with van der Waals surface area (Å²) in [6.45, 7) is 2.51. The Morgan fingerprint density at radius 1 is 1.21 bits per heavy atom. The SMILES string of the molecule is CC(=O)Nc1ccc2ccccc2c1S(=O)(=O)C1(F)C=C(N2CCC2)C=C2OC(C(N)=O)C=C21. The fraction of sp³-hybridized carbons (Fsp3) is 0.250. The molecule has 2 amide bonds. The first-order valence-electron chi connectivity index (χ1n) is 10.7. The number of nitrogens with zero attached hydrogens (tertiary/aromatic N) is 1. The van der Waals surface area contributed by atoms with Crippen molar-refractivity contribution in [2.24, 2.45) is 5.73 Å². The molecule has 2 heterocycles. The number of primary amides is 1. The molecule has 0 aromatic heterocycles. The van der Waals surface area contributed by atoms with Crippen LogP contribution in [-0.4, -0.2) is 49.3 Å². The molecule has 2 atom stereocenters. The molecule has 0 bridgehead atoms. The Hall–Kier alpha value is -3.66. The van der Waals surface area contributed by atoms with Crippen LogP contribution in [0, 0.1) is 0 Å². The van der Waals surface area contributed by atoms with Gasteiger partial charge in [-0.15, -0.1) is 0 Å². The highest BCUT2D eigenvalue weighted by Crippen LogP contribution is 2.49. The number of ether oxygens (including phenoxy) is 1. The molecule has 1 fully saturated rings. The van der Waals surface area contributed by atoms with E-state index in [9.17, 15) is 18.0 Å². The number of carbonyl (C=O) groups is 2. The second-order valence-electron chi connectivity index (χ2n) is 8.43. The molecule has 0 spiro atoms. The zero-order chi connectivity index (χ0) is 24.3. The van der Waals surface area contributed by atoms with Gasteiger partial charge in [0, 0.05) is 37.2 Å². The van der Waals surface area contributed by atoms with E-state index < -0.39 is 32.8 Å². The molecule has 0 radical (unpaired) electrons. The number of amides is 2. The quantitative estimate of drug-likeness (QED) is 0.675. The zero-order valence-electron chi connectivity index (χ0n) is 18.2. The number of halogens is 1. The van der Waals surface area contributed by atoms with Crippen LogP contribution in [0.2, 0.25) is 0 Å². The molecule has 5 rings (SSSR count). The maximum Gasteiger partial charge on any atom is 0.264 e. The van der Waals surface area contributed by atoms with Gasteiger partial charge in [0.25, 0.3) is 10.9 Å². The van der Waals surface area contributed by atoms with Crippen LogP contribution in [0.15, 0.2) is 76.6 Å². The fourth-order valence-electron chi connectivity index (χ4n) is 4.39. The lowest BCUT2D eigenvalue weighted by Crippen LogP contribution is -2.42. The molecule has 10 heteroatoms. The summed E-state index contributed by atoms with van der Waals surface area (Å²) >= 11 is 0. The average Bonchev–Trinajstić information content (AvgIpc) is 3.17. The van der Waals surface area contributed by atoms with E-state index in [1.54, 1.807) is 30.3 Å². The lowest BCUT2D eigenvalue weighted by molar-refractivity contribution is -0.124. The first-order chi connectivity index (χ1) is 16.1. The normalized spacial score (nSPS) is 23.8. The van der Waals surface area contributed by atoms with Crippen LogP contribution >= 0.6 is 0 Å². The monoisotopic (exact) mass is 483 g/mol. The molecule has 0 saturated carbocycles. The molecule has 2 aliphatic heterocycles. The van der Waals surface area contributed by atoms with Gasteiger partial charge in [0.05, 0.1) is 11.3 Å². The first kappa shape index (κ1) is 22.1. The maximum absolute atomic E-state index is 17.1. The van der Waals surface area contributed by atoms with Crippen LogP contribution in [0.5, 0.6) is 0 Å². The van der Waals surface area contributed by atoms with Crippen molar-refractivity contribution in [2.75, 3.05) is 18.4 Å². The summed E-state index contributed by atoms with van der Waals surface area (Å²) in [5, 5.41) is 0.265. The van der Waals surface area contributed by atoms with Gasteiger partial charge >= 0.3 is 0 Å². The number of rotatable bonds is 5. The number of anilines is 1. The number of allylic oxidation sites excluding steroid dienone is 2. The summed E-state index contributed by atoms with van der Waals surface area (Å²) in [4.78, 5) is 25.1. The number of sulfone groups is 1. The minimum atomic E-state index is -4.84. The third kappa shape index (κ3) is 3.28. The van der Waals surface area contributed by atoms with Crippen LogP contribution in [-0.2, 0) is 24.2 Å². The second-order valence-corrected chi connectivity index (χ2v) is 10.4. The molecule has 176 valence electrons. The van der Waals surface area contributed by atoms with Crippen molar-refractivity contribution in [3.8, 4) is 0 Å². The van der Waals surface area contributed by atoms with E-state index in [2.05, 4.69) is 5.32 Å². The summed E-state index contributed by atoms with van der Waals surface area (Å²) in [7, 11) is -4.84. The third-order valence-corrected chi connectivity index (χ3v) is 8.27. The highest BCUT2D eigenvalue weighted by atomic mass is 32.2. The van der Waals surface area contributed by atoms with E-state index in [0.717, 1.165) is 18.6 Å². The summed E-state index contributed by atoms with van der Waals surface area (Å²) in [6, 6.07) is 9.72. The molecule has 3 N–H and O–H groups in total. The van der Waals surface area contributed by atoms with E-state index in [1.807, 2.05) is 4.90 Å². The number of carbonyl (C=O) groups excluding carboxylic acids is 2. The number of nitrogens with one attached hydrogen (secondary N) is 1. The molecule has 8 nitrogen and oxygen atoms in total. The lowest BCUT2D eigenvalue weighted by atomic mass is 9.99. The van der Waals surface area contributed by atoms with E-state index in [1.165, 1.54) is 19.1 Å². The molecule has 3 aliphatic rings. The maximum atomic E-state index is 17.1. The van der Waals surface area contributed by atoms with Crippen molar-refractivity contribution in [3.63, 3.8) is 0 Å². The van der Waals surface area contributed by atoms with Crippen LogP contribution in [0.1, 0.15) is 13.3 Å². The number of hydrogen-bond acceptors (Lipinski definition) is 6. The van der Waals surface area contributed by atoms with Crippen LogP contribution in [0.3, 0.4) is 0 Å². The number of nitrogens with two attached hydrogens (primary N) is 1. The zero-order valence-corrected chi connectivity index (χ0v) is 19.1. The summed E-state index contributed by atoms with van der Waals surface area (Å²) < 4.78 is 51.0. The minimum Gasteiger partial charge on any atom is -0.476 e. The molecule has 34 heavy (non-hydrogen) atoms. The topological polar surface area (TPSA) is 119 Å². The van der Waals surface area contributed by atoms with Crippen LogP contribution < -0.4 is 11.1 Å². The van der Waals surface area contributed by atoms with Crippen molar-refractivity contribution in [3.05, 3.63) is 71.7 Å². The predicted molar refractivity (Wildman–Crippen MR) is 124 cm³/mol. The average molecular weight is 484 g/mol. The minimum absolute atomic E-state index is 0.0378. The van der Waals surface area contributed by atoms with Crippen molar-refractivity contribution in [1.82, 2.24) is 4.90 Å². The van der Waals surface area contributed by atoms with Gasteiger partial charge in [-0.2, -0.15) is 0 Å². The Bertz CT molecular complexity index is 1440. The lowest BCUT2D eigenvalue weighted by Gasteiger charge is -2.38. The smallest absolute Gasteiger partial charge is 0.264 e. The second kappa shape index (κ2) is 7.69. The van der Waals surface area contributed by atoms with Crippen molar-refractivity contribution in [1.29, 1.82) is 0 Å². The van der Waals surface area contributed by atoms with Gasteiger partial charge in [-0.25, -0.2) is 12.8 Å². The van der Waals surface area contributed by atoms with Crippen molar-refractivity contribution >= 4 is 38.1 Å². The summed E-state index contributed by atoms with van der Waals surface area (Å²) in [6.07, 6.45) is 3.27. The summed E-state index contributed by atoms with van der Waals surface area (Å²) in [5.74, 6) is -1.42. The number of hydrogen-bond donors (Lipinski definition) is 2. The summed E-state index contributed by atoms with van der Waals surface area (Å²) in [5.41, 5.74) is 5.37. The van der Waals surface area contributed by atoms with E-state index in [-0.39, 0.29) is 27.3 Å². The molecular weight excluding hydrogens is 461 g/mol. The highest BCUT2D eigenvalue weighted by Gasteiger charge is 2.55. The Balaban J connectivity index is 1.77. The molecule has 1 saturated heterocycles. The highest BCUT2D eigenvalue weighted by molar-refractivity contribution is 7.93. The van der Waals surface area contributed by atoms with Gasteiger partial charge < -0.3 is 20.7 Å². The van der Waals surface area contributed by atoms with E-state index in [4.69, 9.17) is 10.5 Å². The van der Waals surface area contributed by atoms with E-state index in [0.29, 0.717) is 24.2 Å². The fourth-order valence-corrected chi connectivity index (χ4v) is 6.31. The Morgan fingerprint density at radius 3 is 2.59 bits per heavy atom. The first-order valence-corrected chi connectivity index (χ1v) is 12.2. The number of fused-ring (bicyclic) bond motifs is 2. The van der Waals surface area contributed by atoms with Gasteiger partial charge in [0.2, 0.25) is 15.7 Å². The predicted octanol–water partition coefficient (Wildman–Crippen LogP) is 2.54. The Morgan fingerprint density at radius 2 is 1.94 bits per heavy atom. The molecule has 2 unspecified atom stereocenters. The largest absolute Gasteiger partial charge is 0.476 e. The van der Waals surface area contributed by atoms with Gasteiger partial charge in [-0.3, -0.25) is 9.59 Å². The van der Waals surface area contributed by atoms with Gasteiger partial charge in [0.15, 0.2) is 6.10 Å². The Kier molecular flexibility index (Phi) is 5.01. The van der Waals surface area contributed by atoms with Gasteiger partial charge in [-0.1, -0.05) is 30.3 Å². The van der Waals surface area contributed by atoms with E-state index >= 15 is 4.39 Å². The molecule has 2 aromatic rings. The molecule has 2 aromatic carbocycles. The molecular formula is C24H22FN3O5S. The van der Waals surface area contributed by atoms with Crippen LogP contribution in [0.4, 0.5) is 10.1 Å². The standard InChI is InChI=1S/C24H22FN3O5S/c1-14(29)27-19-8-7-15-5-2-3-6-17(15)22(19)34(31,32)24(25)13-16(28-9-4-10-28)11-20-18(24)12-21(33-20)23(26)30/h2-3,5-8,11-13,21H,4,9-10H2,1H3,(H2,26,30)(H,27,29). The Labute approximate surface area is 195 Å². The number of benzene rings is 2. The third-order valence-electron chi connectivity index (χ3n) is 6.17. The number of alkyl halides is 1. The van der Waals surface area contributed by atoms with Crippen molar-refractivity contribution < 1.29 is 27.1 Å². The van der Waals surface area contributed by atoms with Gasteiger partial charge in [-0.05, 0) is 30.0 Å². The molecule has 1 aliphatic carbocycles. The van der Waals surface area contributed by atoms with Gasteiger partial charge in [0.1, 0.15) is 10.7 Å². The van der Waals surface area contributed by atoms with Crippen LogP contribution in [0.25, 0.3) is 10.8 Å². The van der Waals surface area contributed by atoms with Crippen molar-refractivity contribution in [2.45, 2.75) is 29.3 Å². The number of likely N-dealkylation sites (tertiary alicyclic amines) is 1.